The Kier molecular flexibility index (Phi) is 7.42. The Balaban J connectivity index is 1.25. The van der Waals surface area contributed by atoms with Gasteiger partial charge in [0.05, 0.1) is 53.1 Å². The van der Waals surface area contributed by atoms with Crippen LogP contribution >= 0.6 is 15.9 Å². The molecule has 1 saturated carbocycles. The van der Waals surface area contributed by atoms with Crippen LogP contribution in [0.4, 0.5) is 34.5 Å². The lowest BCUT2D eigenvalue weighted by Gasteiger charge is -2.25. The molecule has 1 unspecified atom stereocenters. The number of hydrogen-bond acceptors (Lipinski definition) is 11. The first kappa shape index (κ1) is 28.6. The second-order valence-corrected chi connectivity index (χ2v) is 13.5. The number of rotatable bonds is 8. The predicted octanol–water partition coefficient (Wildman–Crippen LogP) is 5.33. The lowest BCUT2D eigenvalue weighted by Crippen LogP contribution is -2.30. The van der Waals surface area contributed by atoms with Gasteiger partial charge in [-0.3, -0.25) is 14.6 Å². The molecule has 4 heterocycles. The van der Waals surface area contributed by atoms with Crippen molar-refractivity contribution in [2.24, 2.45) is 7.05 Å². The number of benzene rings is 2. The number of nitrogens with zero attached hydrogens (tertiary/aromatic N) is 8. The zero-order valence-electron chi connectivity index (χ0n) is 24.7. The lowest BCUT2D eigenvalue weighted by molar-refractivity contribution is 0.417. The topological polar surface area (TPSA) is 132 Å². The number of methoxy groups -OCH3 is 1. The molecule has 1 aliphatic heterocycles. The van der Waals surface area contributed by atoms with E-state index in [2.05, 4.69) is 64.6 Å². The van der Waals surface area contributed by atoms with Gasteiger partial charge in [0.2, 0.25) is 5.95 Å². The van der Waals surface area contributed by atoms with E-state index in [0.29, 0.717) is 38.9 Å². The fourth-order valence-electron chi connectivity index (χ4n) is 5.53. The average Bonchev–Trinajstić information content (AvgIpc) is 3.84. The summed E-state index contributed by atoms with van der Waals surface area (Å²) in [5, 5.41) is 11.5. The predicted molar refractivity (Wildman–Crippen MR) is 178 cm³/mol. The number of ether oxygens (including phenoxy) is 1. The molecule has 226 valence electrons. The zero-order chi connectivity index (χ0) is 30.5. The Labute approximate surface area is 266 Å². The normalized spacial score (nSPS) is 14.9. The van der Waals surface area contributed by atoms with E-state index in [1.54, 1.807) is 30.0 Å². The van der Waals surface area contributed by atoms with Crippen molar-refractivity contribution in [1.82, 2.24) is 29.7 Å². The molecule has 2 aromatic carbocycles. The summed E-state index contributed by atoms with van der Waals surface area (Å²) in [4.78, 5) is 20.6. The second-order valence-electron chi connectivity index (χ2n) is 10.9. The zero-order valence-corrected chi connectivity index (χ0v) is 27.1. The van der Waals surface area contributed by atoms with Crippen LogP contribution < -0.4 is 24.6 Å². The molecule has 5 aromatic rings. The Morgan fingerprint density at radius 3 is 2.66 bits per heavy atom. The molecule has 2 N–H and O–H groups in total. The Hall–Kier alpha value is -4.14. The van der Waals surface area contributed by atoms with Gasteiger partial charge in [-0.1, -0.05) is 0 Å². The summed E-state index contributed by atoms with van der Waals surface area (Å²) < 4.78 is 23.5. The Bertz CT molecular complexity index is 1880. The molecule has 1 atom stereocenters. The van der Waals surface area contributed by atoms with Gasteiger partial charge in [-0.05, 0) is 34.1 Å². The van der Waals surface area contributed by atoms with Gasteiger partial charge in [-0.2, -0.15) is 14.4 Å². The van der Waals surface area contributed by atoms with E-state index in [1.165, 1.54) is 5.69 Å². The molecule has 0 spiro atoms. The fourth-order valence-corrected chi connectivity index (χ4v) is 7.17. The standard InChI is InChI=1S/C30H31BrN10O2S/c1-39-12-9-24-19(15-35-40(24)2)18-13-23(26(43-4)14-25(18)39)37-30-34-16-20(31)29(38-30)36-22-8-7-21-27(33-11-10-32-21)28(22)41(3)44(42)17-5-6-17/h7-8,10-11,13-17H,5-6,9,12H2,1-4H3,(H2,34,36,37,38). The molecule has 12 nitrogen and oxygen atoms in total. The quantitative estimate of drug-likeness (QED) is 0.207. The molecule has 0 radical (unpaired) electrons. The van der Waals surface area contributed by atoms with Crippen molar-refractivity contribution in [3.63, 3.8) is 0 Å². The Morgan fingerprint density at radius 1 is 1.05 bits per heavy atom. The first-order chi connectivity index (χ1) is 21.3. The SMILES string of the molecule is COc1cc2c(cc1Nc1ncc(Br)c(Nc3ccc4nccnc4c3N(C)[S+]([O-])C3CC3)n1)-c1cnn(C)c1CCN2C. The molecule has 3 aromatic heterocycles. The number of hydrogen-bond donors (Lipinski definition) is 2. The number of halogens is 1. The van der Waals surface area contributed by atoms with E-state index in [1.807, 2.05) is 43.2 Å². The van der Waals surface area contributed by atoms with Gasteiger partial charge < -0.3 is 24.8 Å². The monoisotopic (exact) mass is 674 g/mol. The molecule has 0 saturated heterocycles. The van der Waals surface area contributed by atoms with Crippen molar-refractivity contribution in [1.29, 1.82) is 0 Å². The van der Waals surface area contributed by atoms with E-state index in [9.17, 15) is 4.55 Å². The third-order valence-electron chi connectivity index (χ3n) is 8.02. The third-order valence-corrected chi connectivity index (χ3v) is 10.4. The number of aryl methyl sites for hydroxylation is 1. The molecule has 44 heavy (non-hydrogen) atoms. The summed E-state index contributed by atoms with van der Waals surface area (Å²) in [6.45, 7) is 0.867. The van der Waals surface area contributed by atoms with Crippen LogP contribution in [0.25, 0.3) is 22.2 Å². The van der Waals surface area contributed by atoms with Crippen LogP contribution in [0, 0.1) is 0 Å². The molecule has 0 amide bonds. The fraction of sp³-hybridized carbons (Fsp3) is 0.300. The number of fused-ring (bicyclic) bond motifs is 4. The minimum atomic E-state index is -1.19. The van der Waals surface area contributed by atoms with Crippen LogP contribution in [-0.2, 0) is 24.8 Å². The second kappa shape index (κ2) is 11.4. The van der Waals surface area contributed by atoms with E-state index < -0.39 is 11.4 Å². The van der Waals surface area contributed by atoms with Gasteiger partial charge in [0.1, 0.15) is 28.0 Å². The summed E-state index contributed by atoms with van der Waals surface area (Å²) in [7, 11) is 7.55. The summed E-state index contributed by atoms with van der Waals surface area (Å²) in [6.07, 6.45) is 9.69. The largest absolute Gasteiger partial charge is 0.593 e. The van der Waals surface area contributed by atoms with Crippen LogP contribution in [0.1, 0.15) is 18.5 Å². The van der Waals surface area contributed by atoms with Crippen molar-refractivity contribution < 1.29 is 9.29 Å². The highest BCUT2D eigenvalue weighted by Crippen LogP contribution is 2.43. The first-order valence-electron chi connectivity index (χ1n) is 14.2. The van der Waals surface area contributed by atoms with E-state index in [0.717, 1.165) is 53.8 Å². The van der Waals surface area contributed by atoms with Crippen LogP contribution in [0.15, 0.2) is 53.5 Å². The van der Waals surface area contributed by atoms with E-state index in [-0.39, 0.29) is 5.25 Å². The van der Waals surface area contributed by atoms with Gasteiger partial charge in [0, 0.05) is 87.1 Å². The summed E-state index contributed by atoms with van der Waals surface area (Å²) in [6, 6.07) is 7.90. The first-order valence-corrected chi connectivity index (χ1v) is 16.2. The minimum Gasteiger partial charge on any atom is -0.593 e. The number of anilines is 6. The van der Waals surface area contributed by atoms with Crippen LogP contribution in [0.2, 0.25) is 0 Å². The van der Waals surface area contributed by atoms with Crippen molar-refractivity contribution in [3.8, 4) is 16.9 Å². The van der Waals surface area contributed by atoms with Crippen LogP contribution in [0.5, 0.6) is 5.75 Å². The number of nitrogens with one attached hydrogen (secondary N) is 2. The molecule has 2 aliphatic rings. The lowest BCUT2D eigenvalue weighted by atomic mass is 10.0. The van der Waals surface area contributed by atoms with Crippen molar-refractivity contribution in [3.05, 3.63) is 59.2 Å². The van der Waals surface area contributed by atoms with Crippen LogP contribution in [-0.4, -0.2) is 67.3 Å². The van der Waals surface area contributed by atoms with Gasteiger partial charge in [-0.25, -0.2) is 4.98 Å². The van der Waals surface area contributed by atoms with Crippen molar-refractivity contribution >= 4 is 72.8 Å². The van der Waals surface area contributed by atoms with Gasteiger partial charge in [-0.15, -0.1) is 0 Å². The minimum absolute atomic E-state index is 0.153. The number of likely N-dealkylation sites (N-methyl/N-ethyl adjacent to an activating group) is 1. The molecular weight excluding hydrogens is 644 g/mol. The van der Waals surface area contributed by atoms with Crippen molar-refractivity contribution in [2.75, 3.05) is 47.6 Å². The molecule has 7 rings (SSSR count). The van der Waals surface area contributed by atoms with Gasteiger partial charge in [0.15, 0.2) is 0 Å². The highest BCUT2D eigenvalue weighted by molar-refractivity contribution is 9.10. The molecule has 1 aliphatic carbocycles. The molecule has 1 fully saturated rings. The molecular formula is C30H31BrN10O2S. The summed E-state index contributed by atoms with van der Waals surface area (Å²) in [5.74, 6) is 1.57. The summed E-state index contributed by atoms with van der Waals surface area (Å²) in [5.41, 5.74) is 7.91. The van der Waals surface area contributed by atoms with E-state index >= 15 is 0 Å². The highest BCUT2D eigenvalue weighted by atomic mass is 79.9. The van der Waals surface area contributed by atoms with E-state index in [4.69, 9.17) is 9.72 Å². The molecule has 14 heteroatoms. The maximum Gasteiger partial charge on any atom is 0.229 e. The Morgan fingerprint density at radius 2 is 1.86 bits per heavy atom. The smallest absolute Gasteiger partial charge is 0.229 e. The summed E-state index contributed by atoms with van der Waals surface area (Å²) >= 11 is 2.41. The van der Waals surface area contributed by atoms with Gasteiger partial charge in [0.25, 0.3) is 0 Å². The maximum absolute atomic E-state index is 13.3. The average molecular weight is 676 g/mol. The third kappa shape index (κ3) is 5.16. The van der Waals surface area contributed by atoms with Crippen molar-refractivity contribution in [2.45, 2.75) is 24.5 Å². The van der Waals surface area contributed by atoms with Crippen LogP contribution in [0.3, 0.4) is 0 Å². The molecule has 0 bridgehead atoms. The highest BCUT2D eigenvalue weighted by Gasteiger charge is 2.39. The maximum atomic E-state index is 13.3. The van der Waals surface area contributed by atoms with Gasteiger partial charge >= 0.3 is 0 Å². The number of aromatic nitrogens is 6.